The fourth-order valence-corrected chi connectivity index (χ4v) is 3.23. The number of aryl methyl sites for hydroxylation is 1. The maximum atomic E-state index is 4.35. The van der Waals surface area contributed by atoms with Crippen molar-refractivity contribution in [3.05, 3.63) is 37.3 Å². The van der Waals surface area contributed by atoms with E-state index in [1.165, 1.54) is 4.88 Å². The molecule has 2 rings (SSSR count). The van der Waals surface area contributed by atoms with E-state index < -0.39 is 0 Å². The van der Waals surface area contributed by atoms with Gasteiger partial charge in [-0.2, -0.15) is 0 Å². The van der Waals surface area contributed by atoms with Gasteiger partial charge in [0.2, 0.25) is 0 Å². The zero-order valence-corrected chi connectivity index (χ0v) is 13.2. The van der Waals surface area contributed by atoms with E-state index in [0.29, 0.717) is 6.54 Å². The number of hydrogen-bond acceptors (Lipinski definition) is 4. The fraction of sp³-hybridized carbons (Fsp3) is 0.273. The highest BCUT2D eigenvalue weighted by atomic mass is 79.9. The average molecular weight is 377 g/mol. The second-order valence-corrected chi connectivity index (χ2v) is 6.38. The molecule has 90 valence electrons. The second-order valence-electron chi connectivity index (χ2n) is 3.41. The van der Waals surface area contributed by atoms with E-state index in [0.717, 1.165) is 26.2 Å². The van der Waals surface area contributed by atoms with E-state index in [1.807, 2.05) is 12.3 Å². The quantitative estimate of drug-likeness (QED) is 0.867. The van der Waals surface area contributed by atoms with Gasteiger partial charge in [0.25, 0.3) is 0 Å². The number of aromatic nitrogens is 2. The maximum absolute atomic E-state index is 4.35. The number of nitrogens with one attached hydrogen (secondary N) is 1. The molecule has 17 heavy (non-hydrogen) atoms. The Morgan fingerprint density at radius 3 is 2.76 bits per heavy atom. The van der Waals surface area contributed by atoms with Crippen LogP contribution in [0.2, 0.25) is 0 Å². The maximum Gasteiger partial charge on any atom is 0.140 e. The van der Waals surface area contributed by atoms with Crippen LogP contribution in [0.4, 0.5) is 5.82 Å². The predicted molar refractivity (Wildman–Crippen MR) is 78.5 cm³/mol. The van der Waals surface area contributed by atoms with Crippen LogP contribution in [0.15, 0.2) is 27.4 Å². The Labute approximate surface area is 121 Å². The first-order valence-corrected chi connectivity index (χ1v) is 7.57. The Kier molecular flexibility index (Phi) is 4.53. The smallest absolute Gasteiger partial charge is 0.140 e. The molecule has 0 aliphatic rings. The summed E-state index contributed by atoms with van der Waals surface area (Å²) in [5.74, 6) is 0.835. The first kappa shape index (κ1) is 13.0. The van der Waals surface area contributed by atoms with Crippen molar-refractivity contribution < 1.29 is 0 Å². The van der Waals surface area contributed by atoms with Gasteiger partial charge in [-0.25, -0.2) is 9.97 Å². The summed E-state index contributed by atoms with van der Waals surface area (Å²) < 4.78 is 1.90. The lowest BCUT2D eigenvalue weighted by molar-refractivity contribution is 1.07. The Morgan fingerprint density at radius 1 is 1.29 bits per heavy atom. The molecule has 0 unspecified atom stereocenters. The van der Waals surface area contributed by atoms with Crippen LogP contribution in [0.5, 0.6) is 0 Å². The molecule has 0 radical (unpaired) electrons. The third-order valence-electron chi connectivity index (χ3n) is 2.16. The highest BCUT2D eigenvalue weighted by molar-refractivity contribution is 9.11. The van der Waals surface area contributed by atoms with Crippen LogP contribution in [0, 0.1) is 0 Å². The molecule has 0 saturated heterocycles. The van der Waals surface area contributed by atoms with Gasteiger partial charge in [0, 0.05) is 21.7 Å². The number of anilines is 1. The van der Waals surface area contributed by atoms with Crippen molar-refractivity contribution >= 4 is 49.0 Å². The fourth-order valence-electron chi connectivity index (χ4n) is 1.30. The van der Waals surface area contributed by atoms with Crippen molar-refractivity contribution in [1.82, 2.24) is 9.97 Å². The molecule has 0 fully saturated rings. The molecule has 2 heterocycles. The Morgan fingerprint density at radius 2 is 2.12 bits per heavy atom. The van der Waals surface area contributed by atoms with Crippen LogP contribution in [0.3, 0.4) is 0 Å². The summed E-state index contributed by atoms with van der Waals surface area (Å²) >= 11 is 8.58. The van der Waals surface area contributed by atoms with Gasteiger partial charge in [-0.3, -0.25) is 0 Å². The van der Waals surface area contributed by atoms with Gasteiger partial charge in [-0.05, 0) is 44.3 Å². The summed E-state index contributed by atoms with van der Waals surface area (Å²) in [6.07, 6.45) is 4.75. The van der Waals surface area contributed by atoms with E-state index in [4.69, 9.17) is 0 Å². The molecule has 0 bridgehead atoms. The molecule has 0 spiro atoms. The van der Waals surface area contributed by atoms with E-state index in [-0.39, 0.29) is 0 Å². The van der Waals surface area contributed by atoms with Crippen molar-refractivity contribution in [3.63, 3.8) is 0 Å². The lowest BCUT2D eigenvalue weighted by atomic mass is 10.4. The van der Waals surface area contributed by atoms with Gasteiger partial charge in [-0.1, -0.05) is 6.92 Å². The second kappa shape index (κ2) is 5.93. The van der Waals surface area contributed by atoms with Crippen LogP contribution >= 0.6 is 43.2 Å². The number of halogens is 2. The van der Waals surface area contributed by atoms with E-state index in [2.05, 4.69) is 54.1 Å². The summed E-state index contributed by atoms with van der Waals surface area (Å²) in [5.41, 5.74) is 0. The normalized spacial score (nSPS) is 10.5. The molecule has 0 amide bonds. The molecule has 0 atom stereocenters. The van der Waals surface area contributed by atoms with Crippen molar-refractivity contribution in [1.29, 1.82) is 0 Å². The molecule has 3 nitrogen and oxygen atoms in total. The molecule has 1 N–H and O–H groups in total. The lowest BCUT2D eigenvalue weighted by Crippen LogP contribution is -2.01. The minimum absolute atomic E-state index is 0.706. The van der Waals surface area contributed by atoms with Crippen LogP contribution in [0.25, 0.3) is 0 Å². The number of nitrogens with zero attached hydrogens (tertiary/aromatic N) is 2. The van der Waals surface area contributed by atoms with Crippen LogP contribution in [-0.2, 0) is 13.0 Å². The van der Waals surface area contributed by atoms with Crippen molar-refractivity contribution in [2.75, 3.05) is 5.32 Å². The molecule has 0 saturated carbocycles. The minimum Gasteiger partial charge on any atom is -0.363 e. The van der Waals surface area contributed by atoms with Gasteiger partial charge in [0.05, 0.1) is 11.0 Å². The monoisotopic (exact) mass is 375 g/mol. The summed E-state index contributed by atoms with van der Waals surface area (Å²) in [5, 5.41) is 4.34. The highest BCUT2D eigenvalue weighted by Gasteiger charge is 2.04. The highest BCUT2D eigenvalue weighted by Crippen LogP contribution is 2.24. The molecule has 6 heteroatoms. The number of hydrogen-bond donors (Lipinski definition) is 1. The summed E-state index contributed by atoms with van der Waals surface area (Å²) in [7, 11) is 0. The molecule has 0 aliphatic carbocycles. The third-order valence-corrected chi connectivity index (χ3v) is 4.34. The number of rotatable bonds is 4. The first-order chi connectivity index (χ1) is 8.19. The van der Waals surface area contributed by atoms with Gasteiger partial charge >= 0.3 is 0 Å². The third kappa shape index (κ3) is 3.50. The first-order valence-electron chi connectivity index (χ1n) is 5.17. The zero-order valence-electron chi connectivity index (χ0n) is 9.20. The molecular weight excluding hydrogens is 366 g/mol. The number of thiazole rings is 1. The Balaban J connectivity index is 2.02. The van der Waals surface area contributed by atoms with Gasteiger partial charge in [0.1, 0.15) is 10.8 Å². The minimum atomic E-state index is 0.706. The largest absolute Gasteiger partial charge is 0.363 e. The molecular formula is C11H11Br2N3S. The molecule has 0 aliphatic heterocycles. The SMILES string of the molecule is CCc1cnc(CNc2ncc(Br)cc2Br)s1. The predicted octanol–water partition coefficient (Wildman–Crippen LogP) is 4.24. The molecule has 2 aromatic heterocycles. The average Bonchev–Trinajstić information content (AvgIpc) is 2.76. The lowest BCUT2D eigenvalue weighted by Gasteiger charge is -2.05. The zero-order chi connectivity index (χ0) is 12.3. The van der Waals surface area contributed by atoms with E-state index in [1.54, 1.807) is 17.5 Å². The van der Waals surface area contributed by atoms with Crippen LogP contribution < -0.4 is 5.32 Å². The van der Waals surface area contributed by atoms with Gasteiger partial charge in [0.15, 0.2) is 0 Å². The van der Waals surface area contributed by atoms with Crippen LogP contribution in [0.1, 0.15) is 16.8 Å². The van der Waals surface area contributed by atoms with Crippen molar-refractivity contribution in [2.45, 2.75) is 19.9 Å². The molecule has 2 aromatic rings. The van der Waals surface area contributed by atoms with Gasteiger partial charge in [-0.15, -0.1) is 11.3 Å². The van der Waals surface area contributed by atoms with Crippen molar-refractivity contribution in [3.8, 4) is 0 Å². The summed E-state index contributed by atoms with van der Waals surface area (Å²) in [6.45, 7) is 2.84. The number of pyridine rings is 1. The summed E-state index contributed by atoms with van der Waals surface area (Å²) in [6, 6.07) is 1.97. The van der Waals surface area contributed by atoms with Gasteiger partial charge < -0.3 is 5.32 Å². The Hall–Kier alpha value is -0.460. The topological polar surface area (TPSA) is 37.8 Å². The van der Waals surface area contributed by atoms with Crippen LogP contribution in [-0.4, -0.2) is 9.97 Å². The Bertz CT molecular complexity index is 513. The molecule has 0 aromatic carbocycles. The van der Waals surface area contributed by atoms with E-state index in [9.17, 15) is 0 Å². The summed E-state index contributed by atoms with van der Waals surface area (Å²) in [4.78, 5) is 9.95. The van der Waals surface area contributed by atoms with E-state index >= 15 is 0 Å². The standard InChI is InChI=1S/C11H11Br2N3S/c1-2-8-5-14-10(17-8)6-16-11-9(13)3-7(12)4-15-11/h3-5H,2,6H2,1H3,(H,15,16). The van der Waals surface area contributed by atoms with Crippen molar-refractivity contribution in [2.24, 2.45) is 0 Å².